The summed E-state index contributed by atoms with van der Waals surface area (Å²) in [6.45, 7) is 7.07. The van der Waals surface area contributed by atoms with Gasteiger partial charge in [-0.05, 0) is 44.0 Å². The van der Waals surface area contributed by atoms with Crippen LogP contribution < -0.4 is 5.32 Å². The average molecular weight is 292 g/mol. The molecule has 1 saturated heterocycles. The van der Waals surface area contributed by atoms with Crippen LogP contribution in [0.15, 0.2) is 12.1 Å². The van der Waals surface area contributed by atoms with Crippen LogP contribution >= 0.6 is 0 Å². The van der Waals surface area contributed by atoms with Crippen LogP contribution in [0, 0.1) is 13.8 Å². The number of ether oxygens (including phenoxy) is 1. The molecule has 1 aromatic carbocycles. The monoisotopic (exact) mass is 292 g/mol. The topological polar surface area (TPSA) is 78.9 Å². The first kappa shape index (κ1) is 15.3. The third kappa shape index (κ3) is 3.33. The lowest BCUT2D eigenvalue weighted by atomic mass is 10.0. The van der Waals surface area contributed by atoms with Crippen molar-refractivity contribution < 1.29 is 19.4 Å². The number of carboxylic acids is 1. The van der Waals surface area contributed by atoms with Crippen molar-refractivity contribution in [1.29, 1.82) is 0 Å². The molecule has 1 heterocycles. The zero-order valence-electron chi connectivity index (χ0n) is 12.5. The van der Waals surface area contributed by atoms with Crippen LogP contribution in [0.1, 0.15) is 28.4 Å². The number of carbonyl (C=O) groups is 2. The summed E-state index contributed by atoms with van der Waals surface area (Å²) in [7, 11) is 0. The van der Waals surface area contributed by atoms with E-state index in [-0.39, 0.29) is 17.6 Å². The van der Waals surface area contributed by atoms with E-state index in [1.54, 1.807) is 17.9 Å². The Morgan fingerprint density at radius 3 is 2.71 bits per heavy atom. The Balaban J connectivity index is 2.19. The van der Waals surface area contributed by atoms with Crippen molar-refractivity contribution in [3.05, 3.63) is 28.8 Å². The summed E-state index contributed by atoms with van der Waals surface area (Å²) in [4.78, 5) is 25.2. The second-order valence-electron chi connectivity index (χ2n) is 5.32. The van der Waals surface area contributed by atoms with Crippen molar-refractivity contribution in [2.45, 2.75) is 26.8 Å². The molecule has 0 saturated carbocycles. The fraction of sp³-hybridized carbons (Fsp3) is 0.467. The van der Waals surface area contributed by atoms with Gasteiger partial charge in [-0.25, -0.2) is 9.59 Å². The molecule has 1 atom stereocenters. The van der Waals surface area contributed by atoms with Gasteiger partial charge in [0.1, 0.15) is 0 Å². The largest absolute Gasteiger partial charge is 0.478 e. The Morgan fingerprint density at radius 2 is 2.10 bits per heavy atom. The molecule has 114 valence electrons. The molecular weight excluding hydrogens is 272 g/mol. The normalized spacial score (nSPS) is 18.4. The molecule has 0 radical (unpaired) electrons. The zero-order chi connectivity index (χ0) is 15.6. The Labute approximate surface area is 123 Å². The molecule has 6 heteroatoms. The first-order valence-electron chi connectivity index (χ1n) is 6.90. The van der Waals surface area contributed by atoms with Crippen LogP contribution in [0.25, 0.3) is 0 Å². The van der Waals surface area contributed by atoms with Crippen molar-refractivity contribution in [3.8, 4) is 0 Å². The Bertz CT molecular complexity index is 571. The van der Waals surface area contributed by atoms with E-state index in [9.17, 15) is 14.7 Å². The van der Waals surface area contributed by atoms with Crippen molar-refractivity contribution in [2.24, 2.45) is 0 Å². The van der Waals surface area contributed by atoms with E-state index in [0.29, 0.717) is 31.0 Å². The molecule has 1 aromatic rings. The summed E-state index contributed by atoms with van der Waals surface area (Å²) in [6, 6.07) is 3.05. The molecule has 0 spiro atoms. The molecule has 1 unspecified atom stereocenters. The number of amides is 2. The summed E-state index contributed by atoms with van der Waals surface area (Å²) in [5.74, 6) is -0.994. The molecule has 1 fully saturated rings. The van der Waals surface area contributed by atoms with Crippen LogP contribution in [0.2, 0.25) is 0 Å². The first-order chi connectivity index (χ1) is 9.90. The van der Waals surface area contributed by atoms with Crippen LogP contribution in [-0.4, -0.2) is 47.8 Å². The van der Waals surface area contributed by atoms with Gasteiger partial charge in [0.05, 0.1) is 24.8 Å². The van der Waals surface area contributed by atoms with Gasteiger partial charge in [0.2, 0.25) is 0 Å². The van der Waals surface area contributed by atoms with Crippen molar-refractivity contribution >= 4 is 17.7 Å². The number of aromatic carboxylic acids is 1. The highest BCUT2D eigenvalue weighted by Gasteiger charge is 2.24. The molecule has 21 heavy (non-hydrogen) atoms. The maximum Gasteiger partial charge on any atom is 0.336 e. The van der Waals surface area contributed by atoms with Crippen molar-refractivity contribution in [3.63, 3.8) is 0 Å². The third-order valence-electron chi connectivity index (χ3n) is 3.78. The number of urea groups is 1. The maximum atomic E-state index is 12.3. The van der Waals surface area contributed by atoms with Gasteiger partial charge in [0, 0.05) is 12.2 Å². The number of morpholine rings is 1. The number of carbonyl (C=O) groups excluding carboxylic acids is 1. The molecule has 1 aliphatic rings. The number of carboxylic acid groups (broad SMARTS) is 1. The third-order valence-corrected chi connectivity index (χ3v) is 3.78. The standard InChI is InChI=1S/C15H20N2O4/c1-9-6-12(7-13(11(9)3)14(18)19)16-15(20)17-4-5-21-8-10(17)2/h6-7,10H,4-5,8H2,1-3H3,(H,16,20)(H,18,19). The minimum Gasteiger partial charge on any atom is -0.478 e. The van der Waals surface area contributed by atoms with Crippen molar-refractivity contribution in [2.75, 3.05) is 25.1 Å². The van der Waals surface area contributed by atoms with Gasteiger partial charge >= 0.3 is 12.0 Å². The highest BCUT2D eigenvalue weighted by Crippen LogP contribution is 2.21. The molecule has 0 bridgehead atoms. The van der Waals surface area contributed by atoms with Gasteiger partial charge in [-0.15, -0.1) is 0 Å². The van der Waals surface area contributed by atoms with E-state index in [2.05, 4.69) is 5.32 Å². The second kappa shape index (κ2) is 6.13. The maximum absolute atomic E-state index is 12.3. The van der Waals surface area contributed by atoms with Gasteiger partial charge in [-0.1, -0.05) is 0 Å². The average Bonchev–Trinajstić information content (AvgIpc) is 2.42. The van der Waals surface area contributed by atoms with Crippen LogP contribution in [0.4, 0.5) is 10.5 Å². The zero-order valence-corrected chi connectivity index (χ0v) is 12.5. The SMILES string of the molecule is Cc1cc(NC(=O)N2CCOCC2C)cc(C(=O)O)c1C. The molecule has 2 rings (SSSR count). The fourth-order valence-electron chi connectivity index (χ4n) is 2.38. The lowest BCUT2D eigenvalue weighted by Crippen LogP contribution is -2.48. The minimum absolute atomic E-state index is 0.00393. The number of aryl methyl sites for hydroxylation is 1. The minimum atomic E-state index is -0.994. The van der Waals surface area contributed by atoms with E-state index < -0.39 is 5.97 Å². The summed E-state index contributed by atoms with van der Waals surface area (Å²) in [6.07, 6.45) is 0. The molecule has 2 amide bonds. The van der Waals surface area contributed by atoms with E-state index in [4.69, 9.17) is 4.74 Å². The molecular formula is C15H20N2O4. The van der Waals surface area contributed by atoms with E-state index in [1.807, 2.05) is 13.8 Å². The first-order valence-corrected chi connectivity index (χ1v) is 6.90. The summed E-state index contributed by atoms with van der Waals surface area (Å²) >= 11 is 0. The van der Waals surface area contributed by atoms with Gasteiger partial charge in [-0.2, -0.15) is 0 Å². The lowest BCUT2D eigenvalue weighted by molar-refractivity contribution is 0.0221. The quantitative estimate of drug-likeness (QED) is 0.876. The Hall–Kier alpha value is -2.08. The number of rotatable bonds is 2. The number of hydrogen-bond acceptors (Lipinski definition) is 3. The van der Waals surface area contributed by atoms with Gasteiger partial charge in [-0.3, -0.25) is 0 Å². The van der Waals surface area contributed by atoms with Crippen LogP contribution in [0.3, 0.4) is 0 Å². The predicted octanol–water partition coefficient (Wildman–Crippen LogP) is 2.25. The summed E-state index contributed by atoms with van der Waals surface area (Å²) in [5.41, 5.74) is 2.25. The Morgan fingerprint density at radius 1 is 1.38 bits per heavy atom. The molecule has 6 nitrogen and oxygen atoms in total. The smallest absolute Gasteiger partial charge is 0.336 e. The number of nitrogens with zero attached hydrogens (tertiary/aromatic N) is 1. The van der Waals surface area contributed by atoms with Crippen molar-refractivity contribution in [1.82, 2.24) is 4.90 Å². The number of nitrogens with one attached hydrogen (secondary N) is 1. The lowest BCUT2D eigenvalue weighted by Gasteiger charge is -2.33. The Kier molecular flexibility index (Phi) is 4.47. The molecule has 1 aliphatic heterocycles. The molecule has 0 aliphatic carbocycles. The highest BCUT2D eigenvalue weighted by molar-refractivity contribution is 5.94. The number of benzene rings is 1. The molecule has 0 aromatic heterocycles. The number of hydrogen-bond donors (Lipinski definition) is 2. The van der Waals surface area contributed by atoms with Gasteiger partial charge in [0.15, 0.2) is 0 Å². The van der Waals surface area contributed by atoms with Gasteiger partial charge < -0.3 is 20.1 Å². The summed E-state index contributed by atoms with van der Waals surface area (Å²) < 4.78 is 5.30. The summed E-state index contributed by atoms with van der Waals surface area (Å²) in [5, 5.41) is 12.0. The van der Waals surface area contributed by atoms with Crippen LogP contribution in [-0.2, 0) is 4.74 Å². The second-order valence-corrected chi connectivity index (χ2v) is 5.32. The predicted molar refractivity (Wildman–Crippen MR) is 78.9 cm³/mol. The van der Waals surface area contributed by atoms with Gasteiger partial charge in [0.25, 0.3) is 0 Å². The molecule has 2 N–H and O–H groups in total. The fourth-order valence-corrected chi connectivity index (χ4v) is 2.38. The van der Waals surface area contributed by atoms with E-state index in [0.717, 1.165) is 5.56 Å². The number of anilines is 1. The van der Waals surface area contributed by atoms with E-state index >= 15 is 0 Å². The highest BCUT2D eigenvalue weighted by atomic mass is 16.5. The van der Waals surface area contributed by atoms with Crippen LogP contribution in [0.5, 0.6) is 0 Å². The van der Waals surface area contributed by atoms with E-state index in [1.165, 1.54) is 6.07 Å².